The van der Waals surface area contributed by atoms with E-state index >= 15 is 0 Å². The van der Waals surface area contributed by atoms with Crippen LogP contribution in [0.15, 0.2) is 0 Å². The molecule has 4 heteroatoms. The summed E-state index contributed by atoms with van der Waals surface area (Å²) in [5, 5.41) is 3.59. The average molecular weight is 282 g/mol. The molecule has 20 heavy (non-hydrogen) atoms. The van der Waals surface area contributed by atoms with Crippen LogP contribution in [-0.4, -0.2) is 62.5 Å². The predicted molar refractivity (Wildman–Crippen MR) is 79.9 cm³/mol. The van der Waals surface area contributed by atoms with E-state index in [9.17, 15) is 0 Å². The molecule has 2 aliphatic heterocycles. The van der Waals surface area contributed by atoms with Crippen molar-refractivity contribution in [2.24, 2.45) is 5.92 Å². The Bertz CT molecular complexity index is 309. The summed E-state index contributed by atoms with van der Waals surface area (Å²) in [6, 6.07) is 0.795. The van der Waals surface area contributed by atoms with Crippen molar-refractivity contribution in [3.05, 3.63) is 0 Å². The summed E-state index contributed by atoms with van der Waals surface area (Å²) in [5.41, 5.74) is 0. The first kappa shape index (κ1) is 14.8. The fourth-order valence-corrected chi connectivity index (χ4v) is 3.51. The van der Waals surface area contributed by atoms with Gasteiger partial charge in [0.15, 0.2) is 0 Å². The quantitative estimate of drug-likeness (QED) is 0.803. The minimum atomic E-state index is 0.400. The highest BCUT2D eigenvalue weighted by Gasteiger charge is 2.31. The molecule has 3 fully saturated rings. The van der Waals surface area contributed by atoms with Crippen LogP contribution in [0.1, 0.15) is 39.0 Å². The third-order valence-electron chi connectivity index (χ3n) is 5.15. The lowest BCUT2D eigenvalue weighted by atomic mass is 9.95. The molecular formula is C16H30N2O2. The number of methoxy groups -OCH3 is 1. The van der Waals surface area contributed by atoms with Crippen molar-refractivity contribution < 1.29 is 9.47 Å². The second kappa shape index (κ2) is 6.73. The van der Waals surface area contributed by atoms with Crippen LogP contribution in [-0.2, 0) is 9.47 Å². The van der Waals surface area contributed by atoms with Crippen LogP contribution in [0.25, 0.3) is 0 Å². The van der Waals surface area contributed by atoms with Gasteiger partial charge in [-0.25, -0.2) is 0 Å². The van der Waals surface area contributed by atoms with Crippen LogP contribution in [0, 0.1) is 5.92 Å². The van der Waals surface area contributed by atoms with Gasteiger partial charge in [0.1, 0.15) is 0 Å². The molecule has 0 bridgehead atoms. The van der Waals surface area contributed by atoms with E-state index in [1.165, 1.54) is 38.6 Å². The summed E-state index contributed by atoms with van der Waals surface area (Å²) >= 11 is 0. The summed E-state index contributed by atoms with van der Waals surface area (Å²) < 4.78 is 11.8. The highest BCUT2D eigenvalue weighted by Crippen LogP contribution is 2.25. The zero-order valence-corrected chi connectivity index (χ0v) is 13.0. The fourth-order valence-electron chi connectivity index (χ4n) is 3.51. The monoisotopic (exact) mass is 282 g/mol. The molecule has 1 saturated carbocycles. The molecule has 3 aliphatic rings. The molecular weight excluding hydrogens is 252 g/mol. The molecule has 4 unspecified atom stereocenters. The van der Waals surface area contributed by atoms with Gasteiger partial charge >= 0.3 is 0 Å². The highest BCUT2D eigenvalue weighted by molar-refractivity contribution is 4.86. The average Bonchev–Trinajstić information content (AvgIpc) is 3.18. The maximum Gasteiger partial charge on any atom is 0.0724 e. The van der Waals surface area contributed by atoms with Gasteiger partial charge in [0, 0.05) is 32.8 Å². The number of nitrogens with zero attached hydrogens (tertiary/aromatic N) is 1. The van der Waals surface area contributed by atoms with Gasteiger partial charge in [0.2, 0.25) is 0 Å². The Balaban J connectivity index is 1.37. The molecule has 116 valence electrons. The Morgan fingerprint density at radius 3 is 2.70 bits per heavy atom. The minimum Gasteiger partial charge on any atom is -0.380 e. The van der Waals surface area contributed by atoms with Crippen LogP contribution < -0.4 is 5.32 Å². The lowest BCUT2D eigenvalue weighted by molar-refractivity contribution is -0.0302. The molecule has 0 radical (unpaired) electrons. The molecule has 0 aromatic heterocycles. The summed E-state index contributed by atoms with van der Waals surface area (Å²) in [7, 11) is 1.84. The van der Waals surface area contributed by atoms with Crippen molar-refractivity contribution in [2.75, 3.05) is 33.3 Å². The largest absolute Gasteiger partial charge is 0.380 e. The van der Waals surface area contributed by atoms with Crippen LogP contribution in [0.3, 0.4) is 0 Å². The molecule has 1 N–H and O–H groups in total. The third-order valence-corrected chi connectivity index (χ3v) is 5.15. The second-order valence-electron chi connectivity index (χ2n) is 6.94. The van der Waals surface area contributed by atoms with Gasteiger partial charge in [-0.2, -0.15) is 0 Å². The van der Waals surface area contributed by atoms with Gasteiger partial charge in [-0.1, -0.05) is 6.92 Å². The molecule has 0 spiro atoms. The minimum absolute atomic E-state index is 0.400. The molecule has 4 nitrogen and oxygen atoms in total. The van der Waals surface area contributed by atoms with Crippen LogP contribution in [0.2, 0.25) is 0 Å². The maximum atomic E-state index is 6.19. The molecule has 2 heterocycles. The Hall–Kier alpha value is -0.160. The second-order valence-corrected chi connectivity index (χ2v) is 6.94. The van der Waals surface area contributed by atoms with Gasteiger partial charge in [-0.15, -0.1) is 0 Å². The van der Waals surface area contributed by atoms with Gasteiger partial charge in [0.05, 0.1) is 18.3 Å². The lowest BCUT2D eigenvalue weighted by Crippen LogP contribution is -2.46. The van der Waals surface area contributed by atoms with E-state index in [1.54, 1.807) is 0 Å². The standard InChI is InChI=1S/C16H30N2O2/c1-12-7-8-18(11-16(12)19-2)10-15-6-5-14(20-15)9-17-13-3-4-13/h12-17H,3-11H2,1-2H3. The number of hydrogen-bond acceptors (Lipinski definition) is 4. The molecule has 1 aliphatic carbocycles. The zero-order valence-electron chi connectivity index (χ0n) is 13.0. The van der Waals surface area contributed by atoms with Crippen molar-refractivity contribution in [1.82, 2.24) is 10.2 Å². The number of nitrogens with one attached hydrogen (secondary N) is 1. The van der Waals surface area contributed by atoms with Gasteiger partial charge in [-0.05, 0) is 44.6 Å². The molecule has 3 rings (SSSR count). The SMILES string of the molecule is COC1CN(CC2CCC(CNC3CC3)O2)CCC1C. The summed E-state index contributed by atoms with van der Waals surface area (Å²) in [4.78, 5) is 2.54. The van der Waals surface area contributed by atoms with E-state index in [1.807, 2.05) is 7.11 Å². The van der Waals surface area contributed by atoms with Crippen LogP contribution in [0.5, 0.6) is 0 Å². The Kier molecular flexibility index (Phi) is 4.97. The fraction of sp³-hybridized carbons (Fsp3) is 1.00. The van der Waals surface area contributed by atoms with Crippen molar-refractivity contribution in [3.8, 4) is 0 Å². The van der Waals surface area contributed by atoms with E-state index < -0.39 is 0 Å². The van der Waals surface area contributed by atoms with Crippen LogP contribution >= 0.6 is 0 Å². The molecule has 4 atom stereocenters. The topological polar surface area (TPSA) is 33.7 Å². The Labute approximate surface area is 123 Å². The first-order valence-corrected chi connectivity index (χ1v) is 8.38. The van der Waals surface area contributed by atoms with E-state index in [4.69, 9.17) is 9.47 Å². The first-order chi connectivity index (χ1) is 9.74. The Morgan fingerprint density at radius 2 is 1.95 bits per heavy atom. The maximum absolute atomic E-state index is 6.19. The highest BCUT2D eigenvalue weighted by atomic mass is 16.5. The van der Waals surface area contributed by atoms with Crippen molar-refractivity contribution in [2.45, 2.75) is 63.4 Å². The van der Waals surface area contributed by atoms with Gasteiger partial charge in [-0.3, -0.25) is 4.90 Å². The third kappa shape index (κ3) is 3.94. The lowest BCUT2D eigenvalue weighted by Gasteiger charge is -2.37. The van der Waals surface area contributed by atoms with Crippen molar-refractivity contribution in [3.63, 3.8) is 0 Å². The number of likely N-dealkylation sites (tertiary alicyclic amines) is 1. The number of rotatable bonds is 6. The van der Waals surface area contributed by atoms with E-state index in [2.05, 4.69) is 17.1 Å². The first-order valence-electron chi connectivity index (χ1n) is 8.38. The normalized spacial score (nSPS) is 39.3. The predicted octanol–water partition coefficient (Wildman–Crippen LogP) is 1.64. The molecule has 0 aromatic rings. The summed E-state index contributed by atoms with van der Waals surface area (Å²) in [6.07, 6.45) is 7.70. The summed E-state index contributed by atoms with van der Waals surface area (Å²) in [6.45, 7) is 6.72. The molecule has 0 amide bonds. The van der Waals surface area contributed by atoms with E-state index in [0.29, 0.717) is 24.2 Å². The summed E-state index contributed by atoms with van der Waals surface area (Å²) in [5.74, 6) is 0.691. The Morgan fingerprint density at radius 1 is 1.15 bits per heavy atom. The zero-order chi connectivity index (χ0) is 13.9. The number of ether oxygens (including phenoxy) is 2. The number of hydrogen-bond donors (Lipinski definition) is 1. The van der Waals surface area contributed by atoms with Crippen molar-refractivity contribution in [1.29, 1.82) is 0 Å². The van der Waals surface area contributed by atoms with Crippen LogP contribution in [0.4, 0.5) is 0 Å². The smallest absolute Gasteiger partial charge is 0.0724 e. The number of piperidine rings is 1. The molecule has 2 saturated heterocycles. The van der Waals surface area contributed by atoms with E-state index in [0.717, 1.165) is 25.7 Å². The molecule has 0 aromatic carbocycles. The van der Waals surface area contributed by atoms with E-state index in [-0.39, 0.29) is 0 Å². The van der Waals surface area contributed by atoms with Crippen molar-refractivity contribution >= 4 is 0 Å². The van der Waals surface area contributed by atoms with Gasteiger partial charge < -0.3 is 14.8 Å². The van der Waals surface area contributed by atoms with Gasteiger partial charge in [0.25, 0.3) is 0 Å².